The standard InChI is InChI=1S/C18H15N3O3/c19-8-12-3-1-2-4-13(12)20-14(22)9-21-17(23)15-10-5-6-11(7-10)16(15)18(21)24/h1-6,10-11,15-16H,7,9H2,(H,20,22)/t10-,11-,15-,16-/m0/s1. The van der Waals surface area contributed by atoms with Crippen LogP contribution >= 0.6 is 0 Å². The third-order valence-electron chi connectivity index (χ3n) is 5.18. The molecule has 6 nitrogen and oxygen atoms in total. The van der Waals surface area contributed by atoms with Crippen LogP contribution in [0.2, 0.25) is 0 Å². The highest BCUT2D eigenvalue weighted by Gasteiger charge is 2.59. The summed E-state index contributed by atoms with van der Waals surface area (Å²) < 4.78 is 0. The topological polar surface area (TPSA) is 90.3 Å². The molecule has 1 aromatic rings. The Bertz CT molecular complexity index is 793. The number of fused-ring (bicyclic) bond motifs is 5. The third-order valence-corrected chi connectivity index (χ3v) is 5.18. The number of nitrogens with zero attached hydrogens (tertiary/aromatic N) is 2. The van der Waals surface area contributed by atoms with Gasteiger partial charge in [-0.25, -0.2) is 0 Å². The number of carbonyl (C=O) groups is 3. The van der Waals surface area contributed by atoms with Crippen molar-refractivity contribution in [2.24, 2.45) is 23.7 Å². The third kappa shape index (κ3) is 2.05. The molecule has 120 valence electrons. The van der Waals surface area contributed by atoms with E-state index in [4.69, 9.17) is 5.26 Å². The smallest absolute Gasteiger partial charge is 0.244 e. The number of nitrogens with one attached hydrogen (secondary N) is 1. The summed E-state index contributed by atoms with van der Waals surface area (Å²) in [4.78, 5) is 38.4. The summed E-state index contributed by atoms with van der Waals surface area (Å²) in [5.74, 6) is -1.30. The predicted molar refractivity (Wildman–Crippen MR) is 84.2 cm³/mol. The fourth-order valence-electron chi connectivity index (χ4n) is 4.14. The van der Waals surface area contributed by atoms with Crippen molar-refractivity contribution < 1.29 is 14.4 Å². The fraction of sp³-hybridized carbons (Fsp3) is 0.333. The second-order valence-corrected chi connectivity index (χ2v) is 6.47. The van der Waals surface area contributed by atoms with Crippen LogP contribution in [0.3, 0.4) is 0 Å². The van der Waals surface area contributed by atoms with Crippen LogP contribution in [0.25, 0.3) is 0 Å². The van der Waals surface area contributed by atoms with E-state index in [-0.39, 0.29) is 42.0 Å². The lowest BCUT2D eigenvalue weighted by atomic mass is 9.85. The van der Waals surface area contributed by atoms with Crippen molar-refractivity contribution in [1.29, 1.82) is 5.26 Å². The highest BCUT2D eigenvalue weighted by atomic mass is 16.2. The first-order chi connectivity index (χ1) is 11.6. The van der Waals surface area contributed by atoms with E-state index in [1.165, 1.54) is 0 Å². The molecule has 4 atom stereocenters. The molecule has 3 aliphatic rings. The van der Waals surface area contributed by atoms with Crippen LogP contribution in [-0.4, -0.2) is 29.2 Å². The molecule has 1 aromatic carbocycles. The number of allylic oxidation sites excluding steroid dienone is 2. The minimum atomic E-state index is -0.473. The molecule has 6 heteroatoms. The molecule has 4 rings (SSSR count). The summed E-state index contributed by atoms with van der Waals surface area (Å²) in [5, 5.41) is 11.7. The number of likely N-dealkylation sites (tertiary alicyclic amines) is 1. The van der Waals surface area contributed by atoms with Crippen molar-refractivity contribution in [2.45, 2.75) is 6.42 Å². The SMILES string of the molecule is N#Cc1ccccc1NC(=O)CN1C(=O)[C@@H]2[C@@H](C1=O)[C@H]1C=C[C@H]2C1. The first kappa shape index (κ1) is 14.6. The zero-order chi connectivity index (χ0) is 16.8. The molecule has 3 amide bonds. The average Bonchev–Trinajstić information content (AvgIpc) is 3.25. The molecule has 1 saturated carbocycles. The number of hydrogen-bond acceptors (Lipinski definition) is 4. The largest absolute Gasteiger partial charge is 0.323 e. The fourth-order valence-corrected chi connectivity index (χ4v) is 4.14. The molecule has 2 bridgehead atoms. The molecule has 1 heterocycles. The van der Waals surface area contributed by atoms with Crippen LogP contribution in [0.4, 0.5) is 5.69 Å². The van der Waals surface area contributed by atoms with E-state index in [1.807, 2.05) is 18.2 Å². The van der Waals surface area contributed by atoms with Gasteiger partial charge in [0.1, 0.15) is 12.6 Å². The molecular formula is C18H15N3O3. The number of nitriles is 1. The van der Waals surface area contributed by atoms with Crippen LogP contribution in [0.15, 0.2) is 36.4 Å². The first-order valence-electron chi connectivity index (χ1n) is 7.92. The van der Waals surface area contributed by atoms with E-state index in [0.29, 0.717) is 11.3 Å². The van der Waals surface area contributed by atoms with E-state index >= 15 is 0 Å². The zero-order valence-electron chi connectivity index (χ0n) is 12.8. The van der Waals surface area contributed by atoms with Gasteiger partial charge in [-0.05, 0) is 30.4 Å². The van der Waals surface area contributed by atoms with Gasteiger partial charge in [0.2, 0.25) is 17.7 Å². The first-order valence-corrected chi connectivity index (χ1v) is 7.92. The van der Waals surface area contributed by atoms with Crippen LogP contribution in [0.5, 0.6) is 0 Å². The number of hydrogen-bond donors (Lipinski definition) is 1. The van der Waals surface area contributed by atoms with Crippen molar-refractivity contribution in [2.75, 3.05) is 11.9 Å². The second kappa shape index (κ2) is 5.31. The maximum Gasteiger partial charge on any atom is 0.244 e. The number of imide groups is 1. The number of benzene rings is 1. The molecule has 2 fully saturated rings. The maximum absolute atomic E-state index is 12.5. The number of rotatable bonds is 3. The van der Waals surface area contributed by atoms with Crippen molar-refractivity contribution >= 4 is 23.4 Å². The van der Waals surface area contributed by atoms with Gasteiger partial charge >= 0.3 is 0 Å². The minimum absolute atomic E-state index is 0.129. The molecule has 0 radical (unpaired) electrons. The van der Waals surface area contributed by atoms with E-state index in [9.17, 15) is 14.4 Å². The lowest BCUT2D eigenvalue weighted by molar-refractivity contribution is -0.143. The molecule has 0 unspecified atom stereocenters. The maximum atomic E-state index is 12.5. The lowest BCUT2D eigenvalue weighted by Gasteiger charge is -2.17. The van der Waals surface area contributed by atoms with Crippen molar-refractivity contribution in [3.63, 3.8) is 0 Å². The van der Waals surface area contributed by atoms with Gasteiger partial charge in [0.05, 0.1) is 23.1 Å². The highest BCUT2D eigenvalue weighted by Crippen LogP contribution is 2.52. The van der Waals surface area contributed by atoms with Gasteiger partial charge in [0.15, 0.2) is 0 Å². The monoisotopic (exact) mass is 321 g/mol. The number of para-hydroxylation sites is 1. The Balaban J connectivity index is 1.48. The van der Waals surface area contributed by atoms with Gasteiger partial charge in [-0.15, -0.1) is 0 Å². The number of anilines is 1. The molecule has 1 aliphatic heterocycles. The van der Waals surface area contributed by atoms with E-state index in [1.54, 1.807) is 24.3 Å². The van der Waals surface area contributed by atoms with Crippen molar-refractivity contribution in [3.8, 4) is 6.07 Å². The lowest BCUT2D eigenvalue weighted by Crippen LogP contribution is -2.39. The van der Waals surface area contributed by atoms with Crippen LogP contribution < -0.4 is 5.32 Å². The van der Waals surface area contributed by atoms with Gasteiger partial charge in [0, 0.05) is 0 Å². The van der Waals surface area contributed by atoms with Gasteiger partial charge in [0.25, 0.3) is 0 Å². The summed E-state index contributed by atoms with van der Waals surface area (Å²) in [7, 11) is 0. The van der Waals surface area contributed by atoms with Crippen molar-refractivity contribution in [3.05, 3.63) is 42.0 Å². The molecule has 0 spiro atoms. The van der Waals surface area contributed by atoms with E-state index in [0.717, 1.165) is 11.3 Å². The normalized spacial score (nSPS) is 29.7. The Morgan fingerprint density at radius 3 is 2.42 bits per heavy atom. The van der Waals surface area contributed by atoms with Crippen molar-refractivity contribution in [1.82, 2.24) is 4.90 Å². The van der Waals surface area contributed by atoms with E-state index < -0.39 is 5.91 Å². The van der Waals surface area contributed by atoms with E-state index in [2.05, 4.69) is 5.32 Å². The molecule has 1 N–H and O–H groups in total. The number of carbonyl (C=O) groups excluding carboxylic acids is 3. The van der Waals surface area contributed by atoms with Gasteiger partial charge in [-0.2, -0.15) is 5.26 Å². The summed E-state index contributed by atoms with van der Waals surface area (Å²) in [6, 6.07) is 8.61. The Hall–Kier alpha value is -2.94. The predicted octanol–water partition coefficient (Wildman–Crippen LogP) is 1.30. The summed E-state index contributed by atoms with van der Waals surface area (Å²) >= 11 is 0. The quantitative estimate of drug-likeness (QED) is 0.671. The summed E-state index contributed by atoms with van der Waals surface area (Å²) in [6.07, 6.45) is 4.90. The van der Waals surface area contributed by atoms with Gasteiger partial charge in [-0.1, -0.05) is 24.3 Å². The molecule has 0 aromatic heterocycles. The molecule has 24 heavy (non-hydrogen) atoms. The van der Waals surface area contributed by atoms with Crippen LogP contribution in [0, 0.1) is 35.0 Å². The average molecular weight is 321 g/mol. The Morgan fingerprint density at radius 2 is 1.79 bits per heavy atom. The summed E-state index contributed by atoms with van der Waals surface area (Å²) in [5.41, 5.74) is 0.718. The van der Waals surface area contributed by atoms with Crippen LogP contribution in [-0.2, 0) is 14.4 Å². The zero-order valence-corrected chi connectivity index (χ0v) is 12.8. The highest BCUT2D eigenvalue weighted by molar-refractivity contribution is 6.09. The Morgan fingerprint density at radius 1 is 1.17 bits per heavy atom. The minimum Gasteiger partial charge on any atom is -0.323 e. The number of amides is 3. The Kier molecular flexibility index (Phi) is 3.24. The van der Waals surface area contributed by atoms with Crippen LogP contribution in [0.1, 0.15) is 12.0 Å². The molecular weight excluding hydrogens is 306 g/mol. The molecule has 2 aliphatic carbocycles. The second-order valence-electron chi connectivity index (χ2n) is 6.47. The summed E-state index contributed by atoms with van der Waals surface area (Å²) in [6.45, 7) is -0.302. The molecule has 1 saturated heterocycles. The van der Waals surface area contributed by atoms with Gasteiger partial charge < -0.3 is 5.32 Å². The Labute approximate surface area is 138 Å². The van der Waals surface area contributed by atoms with Gasteiger partial charge in [-0.3, -0.25) is 19.3 Å².